The summed E-state index contributed by atoms with van der Waals surface area (Å²) in [5, 5.41) is 0. The summed E-state index contributed by atoms with van der Waals surface area (Å²) in [5.74, 6) is -1.07. The van der Waals surface area contributed by atoms with Gasteiger partial charge in [0.15, 0.2) is 0 Å². The third kappa shape index (κ3) is 3.71. The SMILES string of the molecule is O=C1CC[C@@]2(CCCO2)CCN1Cc1cc(F)cc(C(F)(F)F)c1. The third-order valence-corrected chi connectivity index (χ3v) is 4.83. The molecule has 2 heterocycles. The van der Waals surface area contributed by atoms with Gasteiger partial charge in [0.1, 0.15) is 5.82 Å². The van der Waals surface area contributed by atoms with E-state index in [4.69, 9.17) is 4.74 Å². The summed E-state index contributed by atoms with van der Waals surface area (Å²) in [5.41, 5.74) is -1.15. The van der Waals surface area contributed by atoms with E-state index in [1.807, 2.05) is 0 Å². The highest BCUT2D eigenvalue weighted by Gasteiger charge is 2.38. The Morgan fingerprint density at radius 2 is 1.96 bits per heavy atom. The molecule has 2 aliphatic heterocycles. The van der Waals surface area contributed by atoms with Gasteiger partial charge in [-0.2, -0.15) is 13.2 Å². The van der Waals surface area contributed by atoms with Crippen LogP contribution in [0.3, 0.4) is 0 Å². The van der Waals surface area contributed by atoms with Crippen LogP contribution in [-0.2, 0) is 22.3 Å². The molecule has 2 saturated heterocycles. The Labute approximate surface area is 137 Å². The Morgan fingerprint density at radius 1 is 1.17 bits per heavy atom. The highest BCUT2D eigenvalue weighted by Crippen LogP contribution is 2.36. The molecular weight excluding hydrogens is 326 g/mol. The molecule has 0 saturated carbocycles. The maximum absolute atomic E-state index is 13.5. The summed E-state index contributed by atoms with van der Waals surface area (Å²) in [7, 11) is 0. The molecule has 0 bridgehead atoms. The van der Waals surface area contributed by atoms with Crippen LogP contribution in [0.4, 0.5) is 17.6 Å². The van der Waals surface area contributed by atoms with Crippen molar-refractivity contribution >= 4 is 5.91 Å². The van der Waals surface area contributed by atoms with Crippen molar-refractivity contribution in [1.29, 1.82) is 0 Å². The molecule has 7 heteroatoms. The molecular formula is C17H19F4NO2. The van der Waals surface area contributed by atoms with E-state index in [1.54, 1.807) is 0 Å². The van der Waals surface area contributed by atoms with E-state index in [0.29, 0.717) is 38.5 Å². The molecule has 132 valence electrons. The number of alkyl halides is 3. The quantitative estimate of drug-likeness (QED) is 0.761. The van der Waals surface area contributed by atoms with Crippen LogP contribution in [0.5, 0.6) is 0 Å². The van der Waals surface area contributed by atoms with E-state index in [2.05, 4.69) is 0 Å². The van der Waals surface area contributed by atoms with Crippen molar-refractivity contribution in [3.63, 3.8) is 0 Å². The number of benzene rings is 1. The Morgan fingerprint density at radius 3 is 2.62 bits per heavy atom. The lowest BCUT2D eigenvalue weighted by atomic mass is 9.92. The Balaban J connectivity index is 1.75. The van der Waals surface area contributed by atoms with Crippen LogP contribution in [0.25, 0.3) is 0 Å². The molecule has 1 atom stereocenters. The van der Waals surface area contributed by atoms with Crippen molar-refractivity contribution < 1.29 is 27.1 Å². The normalized spacial score (nSPS) is 25.3. The first kappa shape index (κ1) is 17.2. The van der Waals surface area contributed by atoms with Gasteiger partial charge in [-0.15, -0.1) is 0 Å². The van der Waals surface area contributed by atoms with Crippen LogP contribution in [0.15, 0.2) is 18.2 Å². The lowest BCUT2D eigenvalue weighted by Crippen LogP contribution is -2.32. The molecule has 0 radical (unpaired) electrons. The summed E-state index contributed by atoms with van der Waals surface area (Å²) in [6.45, 7) is 1.08. The predicted octanol–water partition coefficient (Wildman–Crippen LogP) is 3.91. The van der Waals surface area contributed by atoms with Gasteiger partial charge in [-0.3, -0.25) is 4.79 Å². The molecule has 1 amide bonds. The van der Waals surface area contributed by atoms with Gasteiger partial charge in [-0.1, -0.05) is 0 Å². The molecule has 1 aromatic carbocycles. The Bertz CT molecular complexity index is 624. The van der Waals surface area contributed by atoms with E-state index >= 15 is 0 Å². The first-order valence-electron chi connectivity index (χ1n) is 8.06. The minimum atomic E-state index is -4.61. The number of halogens is 4. The topological polar surface area (TPSA) is 29.5 Å². The summed E-state index contributed by atoms with van der Waals surface area (Å²) >= 11 is 0. The zero-order chi connectivity index (χ0) is 17.4. The highest BCUT2D eigenvalue weighted by atomic mass is 19.4. The largest absolute Gasteiger partial charge is 0.416 e. The number of carbonyl (C=O) groups is 1. The fraction of sp³-hybridized carbons (Fsp3) is 0.588. The second-order valence-corrected chi connectivity index (χ2v) is 6.55. The van der Waals surface area contributed by atoms with E-state index < -0.39 is 17.6 Å². The second-order valence-electron chi connectivity index (χ2n) is 6.55. The van der Waals surface area contributed by atoms with Crippen LogP contribution >= 0.6 is 0 Å². The fourth-order valence-electron chi connectivity index (χ4n) is 3.52. The van der Waals surface area contributed by atoms with Crippen molar-refractivity contribution in [2.24, 2.45) is 0 Å². The molecule has 0 aromatic heterocycles. The number of amides is 1. The van der Waals surface area contributed by atoms with Gasteiger partial charge >= 0.3 is 6.18 Å². The summed E-state index contributed by atoms with van der Waals surface area (Å²) in [6, 6.07) is 2.42. The van der Waals surface area contributed by atoms with Crippen LogP contribution in [0, 0.1) is 5.82 Å². The van der Waals surface area contributed by atoms with Crippen molar-refractivity contribution in [3.8, 4) is 0 Å². The minimum Gasteiger partial charge on any atom is -0.375 e. The molecule has 0 unspecified atom stereocenters. The van der Waals surface area contributed by atoms with Gasteiger partial charge in [-0.25, -0.2) is 4.39 Å². The molecule has 0 aliphatic carbocycles. The first-order valence-corrected chi connectivity index (χ1v) is 8.06. The molecule has 3 nitrogen and oxygen atoms in total. The number of hydrogen-bond donors (Lipinski definition) is 0. The first-order chi connectivity index (χ1) is 11.3. The van der Waals surface area contributed by atoms with Gasteiger partial charge in [0.05, 0.1) is 11.2 Å². The monoisotopic (exact) mass is 345 g/mol. The molecule has 2 aliphatic rings. The van der Waals surface area contributed by atoms with Gasteiger partial charge in [0, 0.05) is 26.1 Å². The Kier molecular flexibility index (Phi) is 4.55. The zero-order valence-electron chi connectivity index (χ0n) is 13.2. The van der Waals surface area contributed by atoms with Gasteiger partial charge < -0.3 is 9.64 Å². The number of hydrogen-bond acceptors (Lipinski definition) is 2. The lowest BCUT2D eigenvalue weighted by molar-refractivity contribution is -0.137. The summed E-state index contributed by atoms with van der Waals surface area (Å²) < 4.78 is 57.7. The van der Waals surface area contributed by atoms with Crippen LogP contribution in [0.1, 0.15) is 43.2 Å². The average Bonchev–Trinajstić information content (AvgIpc) is 2.91. The van der Waals surface area contributed by atoms with Gasteiger partial charge in [0.2, 0.25) is 5.91 Å². The molecule has 1 spiro atoms. The maximum atomic E-state index is 13.5. The second kappa shape index (κ2) is 6.35. The summed E-state index contributed by atoms with van der Waals surface area (Å²) in [6.07, 6.45) is -1.12. The minimum absolute atomic E-state index is 0.0181. The van der Waals surface area contributed by atoms with E-state index in [9.17, 15) is 22.4 Å². The van der Waals surface area contributed by atoms with Crippen LogP contribution < -0.4 is 0 Å². The highest BCUT2D eigenvalue weighted by molar-refractivity contribution is 5.76. The number of likely N-dealkylation sites (tertiary alicyclic amines) is 1. The van der Waals surface area contributed by atoms with Gasteiger partial charge in [0.25, 0.3) is 0 Å². The third-order valence-electron chi connectivity index (χ3n) is 4.83. The predicted molar refractivity (Wildman–Crippen MR) is 78.6 cm³/mol. The lowest BCUT2D eigenvalue weighted by Gasteiger charge is -2.26. The Hall–Kier alpha value is -1.63. The molecule has 1 aromatic rings. The van der Waals surface area contributed by atoms with Crippen molar-refractivity contribution in [2.45, 2.75) is 50.4 Å². The van der Waals surface area contributed by atoms with Crippen molar-refractivity contribution in [1.82, 2.24) is 4.90 Å². The maximum Gasteiger partial charge on any atom is 0.416 e. The number of rotatable bonds is 2. The smallest absolute Gasteiger partial charge is 0.375 e. The van der Waals surface area contributed by atoms with Crippen molar-refractivity contribution in [2.75, 3.05) is 13.2 Å². The van der Waals surface area contributed by atoms with E-state index in [-0.39, 0.29) is 23.6 Å². The molecule has 3 rings (SSSR count). The van der Waals surface area contributed by atoms with Crippen molar-refractivity contribution in [3.05, 3.63) is 35.1 Å². The molecule has 0 N–H and O–H groups in total. The van der Waals surface area contributed by atoms with Gasteiger partial charge in [-0.05, 0) is 49.4 Å². The molecule has 24 heavy (non-hydrogen) atoms. The summed E-state index contributed by atoms with van der Waals surface area (Å²) in [4.78, 5) is 13.8. The fourth-order valence-corrected chi connectivity index (χ4v) is 3.52. The standard InChI is InChI=1S/C17H19F4NO2/c18-14-9-12(8-13(10-14)17(19,20)21)11-22-6-5-16(3-1-7-24-16)4-2-15(22)23/h8-10H,1-7,11H2/t16-/m0/s1. The average molecular weight is 345 g/mol. The number of nitrogens with zero attached hydrogens (tertiary/aromatic N) is 1. The van der Waals surface area contributed by atoms with E-state index in [1.165, 1.54) is 4.90 Å². The van der Waals surface area contributed by atoms with Crippen LogP contribution in [0.2, 0.25) is 0 Å². The zero-order valence-corrected chi connectivity index (χ0v) is 13.2. The van der Waals surface area contributed by atoms with Crippen LogP contribution in [-0.4, -0.2) is 29.6 Å². The number of carbonyl (C=O) groups excluding carboxylic acids is 1. The number of ether oxygens (including phenoxy) is 1. The van der Waals surface area contributed by atoms with E-state index in [0.717, 1.165) is 25.0 Å². The molecule has 2 fully saturated rings.